The van der Waals surface area contributed by atoms with Gasteiger partial charge in [0.15, 0.2) is 0 Å². The minimum Gasteiger partial charge on any atom is -0.126 e. The van der Waals surface area contributed by atoms with E-state index in [1.807, 2.05) is 11.8 Å². The van der Waals surface area contributed by atoms with Crippen molar-refractivity contribution in [3.63, 3.8) is 0 Å². The molecule has 0 aliphatic rings. The molecule has 0 aliphatic carbocycles. The molecule has 0 fully saturated rings. The molecule has 0 unspecified atom stereocenters. The van der Waals surface area contributed by atoms with Crippen molar-refractivity contribution in [1.29, 1.82) is 0 Å². The molecule has 0 N–H and O–H groups in total. The van der Waals surface area contributed by atoms with E-state index >= 15 is 0 Å². The highest BCUT2D eigenvalue weighted by molar-refractivity contribution is 7.99. The maximum absolute atomic E-state index is 2.18. The van der Waals surface area contributed by atoms with Crippen LogP contribution < -0.4 is 0 Å². The van der Waals surface area contributed by atoms with E-state index in [9.17, 15) is 0 Å². The maximum atomic E-state index is 2.18. The lowest BCUT2D eigenvalue weighted by Crippen LogP contribution is -1.77. The lowest BCUT2D eigenvalue weighted by molar-refractivity contribution is 1.30. The van der Waals surface area contributed by atoms with E-state index in [-0.39, 0.29) is 0 Å². The quantitative estimate of drug-likeness (QED) is 0.587. The zero-order valence-electron chi connectivity index (χ0n) is 6.42. The Balaban J connectivity index is 2.81. The van der Waals surface area contributed by atoms with E-state index in [1.54, 1.807) is 0 Å². The largest absolute Gasteiger partial charge is 0.126 e. The minimum atomic E-state index is 1.16. The second kappa shape index (κ2) is 3.67. The van der Waals surface area contributed by atoms with Gasteiger partial charge in [0.1, 0.15) is 0 Å². The topological polar surface area (TPSA) is 0 Å². The zero-order valence-corrected chi connectivity index (χ0v) is 7.24. The van der Waals surface area contributed by atoms with Crippen LogP contribution in [0.5, 0.6) is 0 Å². The third-order valence-corrected chi connectivity index (χ3v) is 2.45. The molecule has 0 saturated carbocycles. The summed E-state index contributed by atoms with van der Waals surface area (Å²) in [5.41, 5.74) is 1.38. The van der Waals surface area contributed by atoms with Crippen molar-refractivity contribution in [2.45, 2.75) is 18.7 Å². The van der Waals surface area contributed by atoms with Crippen LogP contribution in [0, 0.1) is 6.92 Å². The number of benzene rings is 1. The van der Waals surface area contributed by atoms with Gasteiger partial charge in [0, 0.05) is 4.90 Å². The van der Waals surface area contributed by atoms with Crippen molar-refractivity contribution < 1.29 is 0 Å². The second-order valence-corrected chi connectivity index (χ2v) is 3.50. The molecular weight excluding hydrogens is 140 g/mol. The lowest BCUT2D eigenvalue weighted by Gasteiger charge is -2.00. The standard InChI is InChI=1S/C9H12S/c1-3-10-9-7-5-4-6-8(9)2/h4-7H,3H2,1-2H3. The van der Waals surface area contributed by atoms with Crippen molar-refractivity contribution in [1.82, 2.24) is 0 Å². The van der Waals surface area contributed by atoms with Crippen molar-refractivity contribution in [3.05, 3.63) is 29.8 Å². The Labute approximate surface area is 66.6 Å². The highest BCUT2D eigenvalue weighted by atomic mass is 32.2. The molecule has 0 heterocycles. The Morgan fingerprint density at radius 2 is 2.00 bits per heavy atom. The summed E-state index contributed by atoms with van der Waals surface area (Å²) in [4.78, 5) is 1.41. The van der Waals surface area contributed by atoms with Crippen LogP contribution in [-0.4, -0.2) is 5.75 Å². The molecule has 1 heteroatoms. The van der Waals surface area contributed by atoms with Gasteiger partial charge in [-0.2, -0.15) is 0 Å². The smallest absolute Gasteiger partial charge is 0.0101 e. The summed E-state index contributed by atoms with van der Waals surface area (Å²) in [6, 6.07) is 8.49. The molecular formula is C9H12S. The van der Waals surface area contributed by atoms with Crippen LogP contribution in [-0.2, 0) is 0 Å². The van der Waals surface area contributed by atoms with Crippen LogP contribution >= 0.6 is 11.8 Å². The first-order valence-corrected chi connectivity index (χ1v) is 4.51. The van der Waals surface area contributed by atoms with Gasteiger partial charge in [-0.25, -0.2) is 0 Å². The first-order chi connectivity index (χ1) is 4.84. The van der Waals surface area contributed by atoms with Crippen LogP contribution in [0.2, 0.25) is 0 Å². The molecule has 10 heavy (non-hydrogen) atoms. The van der Waals surface area contributed by atoms with Crippen LogP contribution in [0.1, 0.15) is 12.5 Å². The molecule has 0 radical (unpaired) electrons. The van der Waals surface area contributed by atoms with Gasteiger partial charge >= 0.3 is 0 Å². The second-order valence-electron chi connectivity index (χ2n) is 2.20. The number of aryl methyl sites for hydroxylation is 1. The first kappa shape index (κ1) is 7.67. The number of hydrogen-bond donors (Lipinski definition) is 0. The Morgan fingerprint density at radius 1 is 1.30 bits per heavy atom. The monoisotopic (exact) mass is 152 g/mol. The minimum absolute atomic E-state index is 1.16. The summed E-state index contributed by atoms with van der Waals surface area (Å²) in [6.07, 6.45) is 0. The Bertz CT molecular complexity index is 206. The Morgan fingerprint density at radius 3 is 2.60 bits per heavy atom. The van der Waals surface area contributed by atoms with Gasteiger partial charge in [-0.1, -0.05) is 25.1 Å². The normalized spacial score (nSPS) is 9.80. The predicted octanol–water partition coefficient (Wildman–Crippen LogP) is 3.11. The summed E-state index contributed by atoms with van der Waals surface area (Å²) in [5.74, 6) is 1.16. The number of rotatable bonds is 2. The van der Waals surface area contributed by atoms with E-state index in [1.165, 1.54) is 10.5 Å². The van der Waals surface area contributed by atoms with Crippen LogP contribution in [0.3, 0.4) is 0 Å². The third-order valence-electron chi connectivity index (χ3n) is 1.39. The first-order valence-electron chi connectivity index (χ1n) is 3.53. The summed E-state index contributed by atoms with van der Waals surface area (Å²) in [7, 11) is 0. The average Bonchev–Trinajstić information content (AvgIpc) is 1.94. The average molecular weight is 152 g/mol. The molecule has 0 bridgehead atoms. The summed E-state index contributed by atoms with van der Waals surface area (Å²) < 4.78 is 0. The van der Waals surface area contributed by atoms with Gasteiger partial charge in [-0.3, -0.25) is 0 Å². The summed E-state index contributed by atoms with van der Waals surface area (Å²) >= 11 is 1.90. The fourth-order valence-corrected chi connectivity index (χ4v) is 1.66. The van der Waals surface area contributed by atoms with Gasteiger partial charge in [-0.05, 0) is 24.3 Å². The molecule has 0 aromatic heterocycles. The van der Waals surface area contributed by atoms with E-state index in [2.05, 4.69) is 38.1 Å². The maximum Gasteiger partial charge on any atom is 0.0101 e. The van der Waals surface area contributed by atoms with Gasteiger partial charge in [0.2, 0.25) is 0 Å². The van der Waals surface area contributed by atoms with E-state index in [4.69, 9.17) is 0 Å². The number of thioether (sulfide) groups is 1. The van der Waals surface area contributed by atoms with Crippen molar-refractivity contribution in [2.24, 2.45) is 0 Å². The van der Waals surface area contributed by atoms with Crippen molar-refractivity contribution in [2.75, 3.05) is 5.75 Å². The zero-order chi connectivity index (χ0) is 7.40. The molecule has 1 aromatic rings. The fraction of sp³-hybridized carbons (Fsp3) is 0.333. The lowest BCUT2D eigenvalue weighted by atomic mass is 10.2. The van der Waals surface area contributed by atoms with E-state index < -0.39 is 0 Å². The molecule has 54 valence electrons. The van der Waals surface area contributed by atoms with Crippen molar-refractivity contribution in [3.8, 4) is 0 Å². The molecule has 1 rings (SSSR count). The SMILES string of the molecule is CCSc1ccccc1C. The summed E-state index contributed by atoms with van der Waals surface area (Å²) in [6.45, 7) is 4.33. The van der Waals surface area contributed by atoms with E-state index in [0.717, 1.165) is 5.75 Å². The predicted molar refractivity (Wildman–Crippen MR) is 47.6 cm³/mol. The van der Waals surface area contributed by atoms with Crippen LogP contribution in [0.25, 0.3) is 0 Å². The van der Waals surface area contributed by atoms with Crippen molar-refractivity contribution >= 4 is 11.8 Å². The van der Waals surface area contributed by atoms with Crippen LogP contribution in [0.15, 0.2) is 29.2 Å². The summed E-state index contributed by atoms with van der Waals surface area (Å²) in [5, 5.41) is 0. The van der Waals surface area contributed by atoms with Gasteiger partial charge in [-0.15, -0.1) is 11.8 Å². The van der Waals surface area contributed by atoms with Gasteiger partial charge in [0.25, 0.3) is 0 Å². The molecule has 1 aromatic carbocycles. The molecule has 0 atom stereocenters. The molecule has 0 saturated heterocycles. The molecule has 0 amide bonds. The molecule has 0 aliphatic heterocycles. The Hall–Kier alpha value is -0.430. The van der Waals surface area contributed by atoms with Gasteiger partial charge < -0.3 is 0 Å². The molecule has 0 nitrogen and oxygen atoms in total. The van der Waals surface area contributed by atoms with Crippen LogP contribution in [0.4, 0.5) is 0 Å². The Kier molecular flexibility index (Phi) is 2.82. The number of hydrogen-bond acceptors (Lipinski definition) is 1. The van der Waals surface area contributed by atoms with Gasteiger partial charge in [0.05, 0.1) is 0 Å². The highest BCUT2D eigenvalue weighted by Crippen LogP contribution is 2.20. The molecule has 0 spiro atoms. The fourth-order valence-electron chi connectivity index (χ4n) is 0.874. The van der Waals surface area contributed by atoms with E-state index in [0.29, 0.717) is 0 Å². The highest BCUT2D eigenvalue weighted by Gasteiger charge is 1.92. The third kappa shape index (κ3) is 1.77.